The molecule has 2 fully saturated rings. The highest BCUT2D eigenvalue weighted by Crippen LogP contribution is 2.61. The summed E-state index contributed by atoms with van der Waals surface area (Å²) in [5, 5.41) is 22.0. The van der Waals surface area contributed by atoms with Crippen molar-refractivity contribution in [2.45, 2.75) is 57.0 Å². The lowest BCUT2D eigenvalue weighted by molar-refractivity contribution is -0.385. The van der Waals surface area contributed by atoms with Crippen molar-refractivity contribution in [3.05, 3.63) is 110 Å². The zero-order valence-corrected chi connectivity index (χ0v) is 27.1. The van der Waals surface area contributed by atoms with Crippen LogP contribution in [0.15, 0.2) is 73.1 Å². The summed E-state index contributed by atoms with van der Waals surface area (Å²) < 4.78 is 45.8. The minimum Gasteiger partial charge on any atom is -0.464 e. The van der Waals surface area contributed by atoms with E-state index in [1.165, 1.54) is 44.6 Å². The molecule has 0 radical (unpaired) electrons. The van der Waals surface area contributed by atoms with E-state index in [1.54, 1.807) is 30.6 Å². The van der Waals surface area contributed by atoms with Gasteiger partial charge in [-0.15, -0.1) is 0 Å². The summed E-state index contributed by atoms with van der Waals surface area (Å²) in [4.78, 5) is 25.1. The van der Waals surface area contributed by atoms with Crippen LogP contribution in [0.4, 0.5) is 11.4 Å². The molecule has 2 aliphatic rings. The maximum Gasteiger partial charge on any atom is 0.363 e. The van der Waals surface area contributed by atoms with Crippen molar-refractivity contribution in [1.29, 1.82) is 0 Å². The van der Waals surface area contributed by atoms with Gasteiger partial charge in [0, 0.05) is 69.5 Å². The summed E-state index contributed by atoms with van der Waals surface area (Å²) >= 11 is 0. The van der Waals surface area contributed by atoms with Crippen LogP contribution in [-0.2, 0) is 32.6 Å². The fourth-order valence-corrected chi connectivity index (χ4v) is 6.21. The van der Waals surface area contributed by atoms with Gasteiger partial charge in [-0.2, -0.15) is 0 Å². The van der Waals surface area contributed by atoms with Crippen molar-refractivity contribution < 1.29 is 42.4 Å². The molecule has 2 aliphatic heterocycles. The Morgan fingerprint density at radius 2 is 1.47 bits per heavy atom. The Balaban J connectivity index is 0.000000213. The first kappa shape index (κ1) is 35.8. The van der Waals surface area contributed by atoms with E-state index in [0.29, 0.717) is 36.5 Å². The Bertz CT molecular complexity index is 1540. The van der Waals surface area contributed by atoms with Crippen molar-refractivity contribution in [1.82, 2.24) is 4.98 Å². The summed E-state index contributed by atoms with van der Waals surface area (Å²) in [5.74, 6) is -0.544. The minimum atomic E-state index is -3.65. The monoisotopic (exact) mass is 671 g/mol. The molecule has 3 heterocycles. The third-order valence-electron chi connectivity index (χ3n) is 7.32. The van der Waals surface area contributed by atoms with Gasteiger partial charge in [-0.25, -0.2) is 0 Å². The van der Waals surface area contributed by atoms with Crippen LogP contribution in [-0.4, -0.2) is 54.8 Å². The van der Waals surface area contributed by atoms with Crippen molar-refractivity contribution >= 4 is 30.8 Å². The lowest BCUT2D eigenvalue weighted by atomic mass is 10.1. The topological polar surface area (TPSA) is 172 Å². The normalized spacial score (nSPS) is 19.1. The van der Waals surface area contributed by atoms with E-state index in [9.17, 15) is 24.8 Å². The zero-order chi connectivity index (χ0) is 33.6. The molecular formula is C32H38N3O11P. The second-order valence-corrected chi connectivity index (χ2v) is 12.8. The van der Waals surface area contributed by atoms with E-state index in [2.05, 4.69) is 4.98 Å². The van der Waals surface area contributed by atoms with Gasteiger partial charge in [-0.1, -0.05) is 24.3 Å². The number of aromatic nitrogens is 1. The zero-order valence-electron chi connectivity index (χ0n) is 26.2. The highest BCUT2D eigenvalue weighted by atomic mass is 31.2. The molecule has 3 aromatic rings. The molecule has 47 heavy (non-hydrogen) atoms. The molecule has 0 aliphatic carbocycles. The average molecular weight is 672 g/mol. The molecule has 2 aromatic carbocycles. The van der Waals surface area contributed by atoms with Crippen molar-refractivity contribution in [2.24, 2.45) is 0 Å². The third kappa shape index (κ3) is 10.5. The molecule has 0 amide bonds. The van der Waals surface area contributed by atoms with Gasteiger partial charge in [0.15, 0.2) is 18.4 Å². The summed E-state index contributed by atoms with van der Waals surface area (Å²) in [5.41, 5.74) is 1.80. The van der Waals surface area contributed by atoms with Crippen LogP contribution in [0, 0.1) is 20.2 Å². The van der Waals surface area contributed by atoms with Crippen LogP contribution in [0.25, 0.3) is 11.8 Å². The fourth-order valence-electron chi connectivity index (χ4n) is 4.87. The third-order valence-corrected chi connectivity index (χ3v) is 9.33. The fraction of sp³-hybridized carbons (Fsp3) is 0.406. The maximum atomic E-state index is 12.8. The molecule has 14 nitrogen and oxygen atoms in total. The summed E-state index contributed by atoms with van der Waals surface area (Å²) in [7, 11) is -1.16. The molecule has 0 N–H and O–H groups in total. The van der Waals surface area contributed by atoms with Gasteiger partial charge in [0.25, 0.3) is 11.4 Å². The lowest BCUT2D eigenvalue weighted by Gasteiger charge is -2.30. The van der Waals surface area contributed by atoms with Crippen molar-refractivity contribution in [2.75, 3.05) is 27.4 Å². The summed E-state index contributed by atoms with van der Waals surface area (Å²) in [6, 6.07) is 15.9. The van der Waals surface area contributed by atoms with Crippen LogP contribution in [0.3, 0.4) is 0 Å². The van der Waals surface area contributed by atoms with Crippen LogP contribution < -0.4 is 0 Å². The highest BCUT2D eigenvalue weighted by molar-refractivity contribution is 7.54. The molecule has 0 spiro atoms. The van der Waals surface area contributed by atoms with Gasteiger partial charge in [0.05, 0.1) is 16.5 Å². The summed E-state index contributed by atoms with van der Waals surface area (Å²) in [6.07, 6.45) is 9.74. The molecule has 15 heteroatoms. The number of rotatable bonds is 12. The van der Waals surface area contributed by atoms with Crippen LogP contribution in [0.5, 0.6) is 0 Å². The van der Waals surface area contributed by atoms with Gasteiger partial charge >= 0.3 is 7.60 Å². The van der Waals surface area contributed by atoms with E-state index in [1.807, 2.05) is 18.2 Å². The molecular weight excluding hydrogens is 633 g/mol. The average Bonchev–Trinajstić information content (AvgIpc) is 3.11. The molecule has 3 unspecified atom stereocenters. The van der Waals surface area contributed by atoms with Crippen LogP contribution in [0.1, 0.15) is 61.1 Å². The second-order valence-electron chi connectivity index (χ2n) is 10.6. The number of hydrogen-bond donors (Lipinski definition) is 0. The lowest BCUT2D eigenvalue weighted by Crippen LogP contribution is -2.25. The number of non-ortho nitro benzene ring substituents is 2. The number of nitro benzene ring substituents is 2. The Labute approximate surface area is 272 Å². The van der Waals surface area contributed by atoms with E-state index in [-0.39, 0.29) is 17.7 Å². The Kier molecular flexibility index (Phi) is 13.5. The molecule has 252 valence electrons. The van der Waals surface area contributed by atoms with E-state index in [0.717, 1.165) is 37.7 Å². The van der Waals surface area contributed by atoms with Crippen LogP contribution >= 0.6 is 7.60 Å². The number of benzene rings is 2. The SMILES string of the molecule is COP(=O)(OC)C(OC1CCCCO1)c1cccc([N+](=O)[O-])c1.O=[N+]([O-])c1cccc(C(=Cc2ccncc2)OC2CCCCO2)c1. The van der Waals surface area contributed by atoms with Gasteiger partial charge < -0.3 is 28.0 Å². The molecule has 0 bridgehead atoms. The number of nitro groups is 2. The van der Waals surface area contributed by atoms with Gasteiger partial charge in [-0.3, -0.25) is 29.8 Å². The number of hydrogen-bond acceptors (Lipinski definition) is 12. The second kappa shape index (κ2) is 17.8. The number of pyridine rings is 1. The molecule has 1 aromatic heterocycles. The molecule has 0 saturated carbocycles. The first-order valence-electron chi connectivity index (χ1n) is 15.1. The predicted octanol–water partition coefficient (Wildman–Crippen LogP) is 7.65. The van der Waals surface area contributed by atoms with E-state index in [4.69, 9.17) is 28.0 Å². The number of nitrogens with zero attached hydrogens (tertiary/aromatic N) is 3. The Hall–Kier alpha value is -4.04. The highest BCUT2D eigenvalue weighted by Gasteiger charge is 2.39. The quantitative estimate of drug-likeness (QED) is 0.0798. The largest absolute Gasteiger partial charge is 0.464 e. The summed E-state index contributed by atoms with van der Waals surface area (Å²) in [6.45, 7) is 1.22. The maximum absolute atomic E-state index is 12.8. The van der Waals surface area contributed by atoms with Gasteiger partial charge in [0.2, 0.25) is 0 Å². The first-order valence-corrected chi connectivity index (χ1v) is 16.7. The Morgan fingerprint density at radius 3 is 2.04 bits per heavy atom. The van der Waals surface area contributed by atoms with E-state index < -0.39 is 29.6 Å². The molecule has 5 rings (SSSR count). The van der Waals surface area contributed by atoms with E-state index >= 15 is 0 Å². The van der Waals surface area contributed by atoms with Gasteiger partial charge in [0.1, 0.15) is 5.76 Å². The Morgan fingerprint density at radius 1 is 0.872 bits per heavy atom. The van der Waals surface area contributed by atoms with Gasteiger partial charge in [-0.05, 0) is 61.4 Å². The van der Waals surface area contributed by atoms with Crippen LogP contribution in [0.2, 0.25) is 0 Å². The minimum absolute atomic E-state index is 0.0290. The van der Waals surface area contributed by atoms with Crippen molar-refractivity contribution in [3.8, 4) is 0 Å². The number of ether oxygens (including phenoxy) is 4. The molecule has 3 atom stereocenters. The smallest absolute Gasteiger partial charge is 0.363 e. The standard InChI is InChI=1S/C18H18N2O4.C14H20NO7P/c21-20(22)16-5-3-4-15(13-16)17(12-14-7-9-19-10-8-14)24-18-6-1-2-11-23-18;1-19-23(18,20-2)14(22-13-8-3-4-9-21-13)11-6-5-7-12(10-11)15(16)17/h3-5,7-10,12-13,18H,1-2,6,11H2;5-7,10,13-14H,3-4,8-9H2,1-2H3. The van der Waals surface area contributed by atoms with Crippen molar-refractivity contribution in [3.63, 3.8) is 0 Å². The first-order chi connectivity index (χ1) is 22.7. The molecule has 2 saturated heterocycles. The predicted molar refractivity (Wildman–Crippen MR) is 172 cm³/mol.